The summed E-state index contributed by atoms with van der Waals surface area (Å²) in [7, 11) is 1.66. The number of ether oxygens (including phenoxy) is 3. The number of rotatable bonds is 9. The van der Waals surface area contributed by atoms with Crippen LogP contribution in [0.15, 0.2) is 67.3 Å². The van der Waals surface area contributed by atoms with Crippen LogP contribution in [0.4, 0.5) is 0 Å². The molecule has 3 heteroatoms. The van der Waals surface area contributed by atoms with Crippen LogP contribution in [0, 0.1) is 0 Å². The fourth-order valence-corrected chi connectivity index (χ4v) is 1.98. The van der Waals surface area contributed by atoms with Crippen molar-refractivity contribution in [3.8, 4) is 5.75 Å². The van der Waals surface area contributed by atoms with Crippen molar-refractivity contribution in [2.24, 2.45) is 0 Å². The molecule has 0 aliphatic carbocycles. The topological polar surface area (TPSA) is 27.7 Å². The van der Waals surface area contributed by atoms with Gasteiger partial charge in [0.2, 0.25) is 0 Å². The fourth-order valence-electron chi connectivity index (χ4n) is 1.98. The number of hydrogen-bond donors (Lipinski definition) is 0. The zero-order valence-electron chi connectivity index (χ0n) is 12.9. The maximum atomic E-state index is 5.80. The number of hydrogen-bond acceptors (Lipinski definition) is 3. The molecule has 0 fully saturated rings. The zero-order valence-corrected chi connectivity index (χ0v) is 12.9. The Kier molecular flexibility index (Phi) is 6.68. The van der Waals surface area contributed by atoms with Gasteiger partial charge in [-0.15, -0.1) is 6.58 Å². The molecule has 0 amide bonds. The molecule has 0 heterocycles. The van der Waals surface area contributed by atoms with E-state index in [-0.39, 0.29) is 6.10 Å². The largest absolute Gasteiger partial charge is 0.497 e. The van der Waals surface area contributed by atoms with E-state index in [1.807, 2.05) is 54.6 Å². The van der Waals surface area contributed by atoms with Crippen molar-refractivity contribution in [1.82, 2.24) is 0 Å². The van der Waals surface area contributed by atoms with Crippen LogP contribution in [-0.2, 0) is 22.7 Å². The third kappa shape index (κ3) is 5.35. The quantitative estimate of drug-likeness (QED) is 0.655. The Morgan fingerprint density at radius 3 is 2.27 bits per heavy atom. The van der Waals surface area contributed by atoms with Crippen molar-refractivity contribution >= 4 is 0 Å². The minimum absolute atomic E-state index is 0.120. The van der Waals surface area contributed by atoms with Gasteiger partial charge in [-0.1, -0.05) is 48.5 Å². The predicted octanol–water partition coefficient (Wildman–Crippen LogP) is 3.98. The molecule has 0 radical (unpaired) electrons. The van der Waals surface area contributed by atoms with Gasteiger partial charge in [0.25, 0.3) is 0 Å². The molecule has 0 aliphatic rings. The van der Waals surface area contributed by atoms with Gasteiger partial charge in [0.1, 0.15) is 5.75 Å². The minimum atomic E-state index is -0.120. The van der Waals surface area contributed by atoms with Gasteiger partial charge >= 0.3 is 0 Å². The van der Waals surface area contributed by atoms with E-state index >= 15 is 0 Å². The second kappa shape index (κ2) is 9.03. The molecule has 2 aromatic rings. The summed E-state index contributed by atoms with van der Waals surface area (Å²) < 4.78 is 16.6. The lowest BCUT2D eigenvalue weighted by molar-refractivity contribution is -0.00511. The first-order valence-electron chi connectivity index (χ1n) is 7.30. The van der Waals surface area contributed by atoms with Crippen molar-refractivity contribution in [3.63, 3.8) is 0 Å². The highest BCUT2D eigenvalue weighted by Crippen LogP contribution is 2.13. The first kappa shape index (κ1) is 16.3. The Balaban J connectivity index is 1.73. The van der Waals surface area contributed by atoms with Gasteiger partial charge in [0, 0.05) is 0 Å². The first-order chi connectivity index (χ1) is 10.8. The molecule has 2 rings (SSSR count). The highest BCUT2D eigenvalue weighted by atomic mass is 16.5. The summed E-state index contributed by atoms with van der Waals surface area (Å²) in [6, 6.07) is 17.9. The zero-order chi connectivity index (χ0) is 15.6. The van der Waals surface area contributed by atoms with Crippen LogP contribution in [0.25, 0.3) is 0 Å². The first-order valence-corrected chi connectivity index (χ1v) is 7.30. The van der Waals surface area contributed by atoms with Crippen LogP contribution in [0.3, 0.4) is 0 Å². The standard InChI is InChI=1S/C19H22O3/c1-3-18(15-21-13-16-7-5-4-6-8-16)22-14-17-9-11-19(20-2)12-10-17/h3-12,18H,1,13-15H2,2H3. The van der Waals surface area contributed by atoms with Gasteiger partial charge in [-0.2, -0.15) is 0 Å². The van der Waals surface area contributed by atoms with E-state index < -0.39 is 0 Å². The monoisotopic (exact) mass is 298 g/mol. The molecule has 2 aromatic carbocycles. The highest BCUT2D eigenvalue weighted by Gasteiger charge is 2.05. The minimum Gasteiger partial charge on any atom is -0.497 e. The maximum absolute atomic E-state index is 5.80. The van der Waals surface area contributed by atoms with E-state index in [4.69, 9.17) is 14.2 Å². The van der Waals surface area contributed by atoms with E-state index in [9.17, 15) is 0 Å². The third-order valence-electron chi connectivity index (χ3n) is 3.28. The van der Waals surface area contributed by atoms with Crippen LogP contribution in [0.1, 0.15) is 11.1 Å². The summed E-state index contributed by atoms with van der Waals surface area (Å²) in [5, 5.41) is 0. The molecular formula is C19H22O3. The summed E-state index contributed by atoms with van der Waals surface area (Å²) >= 11 is 0. The smallest absolute Gasteiger partial charge is 0.118 e. The SMILES string of the molecule is C=CC(COCc1ccccc1)OCc1ccc(OC)cc1. The van der Waals surface area contributed by atoms with Gasteiger partial charge in [-0.25, -0.2) is 0 Å². The maximum Gasteiger partial charge on any atom is 0.118 e. The average molecular weight is 298 g/mol. The second-order valence-electron chi connectivity index (χ2n) is 4.93. The lowest BCUT2D eigenvalue weighted by Gasteiger charge is -2.14. The molecule has 1 atom stereocenters. The Morgan fingerprint density at radius 1 is 0.955 bits per heavy atom. The Labute approximate surface area is 132 Å². The predicted molar refractivity (Wildman–Crippen MR) is 87.9 cm³/mol. The molecule has 0 N–H and O–H groups in total. The van der Waals surface area contributed by atoms with Gasteiger partial charge in [-0.3, -0.25) is 0 Å². The van der Waals surface area contributed by atoms with E-state index in [0.717, 1.165) is 16.9 Å². The second-order valence-corrected chi connectivity index (χ2v) is 4.93. The van der Waals surface area contributed by atoms with E-state index in [1.165, 1.54) is 0 Å². The van der Waals surface area contributed by atoms with Crippen LogP contribution in [0.2, 0.25) is 0 Å². The molecule has 1 unspecified atom stereocenters. The summed E-state index contributed by atoms with van der Waals surface area (Å²) in [5.74, 6) is 0.843. The summed E-state index contributed by atoms with van der Waals surface area (Å²) in [6.07, 6.45) is 1.65. The normalized spacial score (nSPS) is 11.9. The Hall–Kier alpha value is -2.10. The fraction of sp³-hybridized carbons (Fsp3) is 0.263. The molecule has 22 heavy (non-hydrogen) atoms. The van der Waals surface area contributed by atoms with Crippen LogP contribution >= 0.6 is 0 Å². The number of methoxy groups -OCH3 is 1. The molecule has 0 bridgehead atoms. The van der Waals surface area contributed by atoms with E-state index in [2.05, 4.69) is 6.58 Å². The summed E-state index contributed by atoms with van der Waals surface area (Å²) in [5.41, 5.74) is 2.25. The molecule has 0 aliphatic heterocycles. The van der Waals surface area contributed by atoms with Gasteiger partial charge < -0.3 is 14.2 Å². The number of benzene rings is 2. The molecule has 116 valence electrons. The van der Waals surface area contributed by atoms with Crippen molar-refractivity contribution in [2.75, 3.05) is 13.7 Å². The summed E-state index contributed by atoms with van der Waals surface area (Å²) in [6.45, 7) is 5.40. The van der Waals surface area contributed by atoms with Crippen molar-refractivity contribution in [3.05, 3.63) is 78.4 Å². The van der Waals surface area contributed by atoms with Gasteiger partial charge in [-0.05, 0) is 23.3 Å². The van der Waals surface area contributed by atoms with Crippen LogP contribution < -0.4 is 4.74 Å². The molecule has 0 spiro atoms. The van der Waals surface area contributed by atoms with E-state index in [1.54, 1.807) is 13.2 Å². The van der Waals surface area contributed by atoms with Gasteiger partial charge in [0.15, 0.2) is 0 Å². The van der Waals surface area contributed by atoms with Crippen LogP contribution in [0.5, 0.6) is 5.75 Å². The molecule has 0 saturated carbocycles. The summed E-state index contributed by atoms with van der Waals surface area (Å²) in [4.78, 5) is 0. The van der Waals surface area contributed by atoms with Crippen molar-refractivity contribution < 1.29 is 14.2 Å². The average Bonchev–Trinajstić information content (AvgIpc) is 2.59. The lowest BCUT2D eigenvalue weighted by Crippen LogP contribution is -2.17. The molecular weight excluding hydrogens is 276 g/mol. The van der Waals surface area contributed by atoms with Gasteiger partial charge in [0.05, 0.1) is 33.0 Å². The molecule has 0 aromatic heterocycles. The van der Waals surface area contributed by atoms with E-state index in [0.29, 0.717) is 19.8 Å². The lowest BCUT2D eigenvalue weighted by atomic mass is 10.2. The molecule has 3 nitrogen and oxygen atoms in total. The highest BCUT2D eigenvalue weighted by molar-refractivity contribution is 5.26. The van der Waals surface area contributed by atoms with Crippen molar-refractivity contribution in [1.29, 1.82) is 0 Å². The third-order valence-corrected chi connectivity index (χ3v) is 3.28. The van der Waals surface area contributed by atoms with Crippen LogP contribution in [-0.4, -0.2) is 19.8 Å². The Morgan fingerprint density at radius 2 is 1.64 bits per heavy atom. The van der Waals surface area contributed by atoms with Crippen molar-refractivity contribution in [2.45, 2.75) is 19.3 Å². The Bertz CT molecular complexity index is 549. The molecule has 0 saturated heterocycles.